The fourth-order valence-electron chi connectivity index (χ4n) is 1.50. The minimum Gasteiger partial charge on any atom is -0.413 e. The molecule has 1 rings (SSSR count). The summed E-state index contributed by atoms with van der Waals surface area (Å²) >= 11 is 0. The molecular formula is C13H24O3Si. The molecule has 17 heavy (non-hydrogen) atoms. The Morgan fingerprint density at radius 3 is 2.47 bits per heavy atom. The molecule has 0 aromatic rings. The van der Waals surface area contributed by atoms with Gasteiger partial charge in [-0.05, 0) is 18.1 Å². The molecule has 1 N–H and O–H groups in total. The van der Waals surface area contributed by atoms with Crippen molar-refractivity contribution < 1.29 is 14.3 Å². The first kappa shape index (κ1) is 14.7. The number of ether oxygens (including phenoxy) is 1. The van der Waals surface area contributed by atoms with Gasteiger partial charge in [0.1, 0.15) is 0 Å². The second-order valence-corrected chi connectivity index (χ2v) is 11.0. The number of aliphatic hydroxyl groups is 1. The minimum atomic E-state index is -1.85. The Kier molecular flexibility index (Phi) is 4.10. The van der Waals surface area contributed by atoms with Crippen LogP contribution >= 0.6 is 0 Å². The number of terminal acetylenes is 1. The quantitative estimate of drug-likeness (QED) is 0.621. The van der Waals surface area contributed by atoms with Gasteiger partial charge in [0.2, 0.25) is 0 Å². The zero-order chi connectivity index (χ0) is 13.3. The molecular weight excluding hydrogens is 232 g/mol. The standard InChI is InChI=1S/C13H24O3Si/c1-7-13(11(14)8-9-15-13)10-16-17(5,6)12(2,3)4/h1,11,14H,8-10H2,2-6H3. The summed E-state index contributed by atoms with van der Waals surface area (Å²) in [6.45, 7) is 11.7. The van der Waals surface area contributed by atoms with Gasteiger partial charge in [0, 0.05) is 6.42 Å². The monoisotopic (exact) mass is 256 g/mol. The van der Waals surface area contributed by atoms with Crippen LogP contribution in [0, 0.1) is 12.3 Å². The van der Waals surface area contributed by atoms with Crippen molar-refractivity contribution in [2.75, 3.05) is 13.2 Å². The van der Waals surface area contributed by atoms with Crippen LogP contribution < -0.4 is 0 Å². The highest BCUT2D eigenvalue weighted by molar-refractivity contribution is 6.74. The largest absolute Gasteiger partial charge is 0.413 e. The van der Waals surface area contributed by atoms with Gasteiger partial charge in [-0.3, -0.25) is 0 Å². The Balaban J connectivity index is 2.70. The van der Waals surface area contributed by atoms with Crippen LogP contribution in [-0.4, -0.2) is 38.3 Å². The van der Waals surface area contributed by atoms with E-state index in [0.29, 0.717) is 19.6 Å². The molecule has 98 valence electrons. The maximum Gasteiger partial charge on any atom is 0.192 e. The Hall–Kier alpha value is -0.343. The fourth-order valence-corrected chi connectivity index (χ4v) is 2.51. The van der Waals surface area contributed by atoms with Crippen molar-refractivity contribution >= 4 is 8.32 Å². The van der Waals surface area contributed by atoms with Crippen molar-refractivity contribution in [3.05, 3.63) is 0 Å². The van der Waals surface area contributed by atoms with Gasteiger partial charge in [0.05, 0.1) is 19.3 Å². The average Bonchev–Trinajstić information content (AvgIpc) is 2.56. The summed E-state index contributed by atoms with van der Waals surface area (Å²) in [5.74, 6) is 2.58. The van der Waals surface area contributed by atoms with Crippen LogP contribution in [0.15, 0.2) is 0 Å². The summed E-state index contributed by atoms with van der Waals surface area (Å²) in [4.78, 5) is 0. The molecule has 2 unspecified atom stereocenters. The minimum absolute atomic E-state index is 0.131. The van der Waals surface area contributed by atoms with Gasteiger partial charge < -0.3 is 14.3 Å². The second-order valence-electron chi connectivity index (χ2n) is 6.24. The van der Waals surface area contributed by atoms with Crippen molar-refractivity contribution in [1.82, 2.24) is 0 Å². The van der Waals surface area contributed by atoms with E-state index in [0.717, 1.165) is 0 Å². The molecule has 1 saturated heterocycles. The number of aliphatic hydroxyl groups excluding tert-OH is 1. The van der Waals surface area contributed by atoms with E-state index in [1.54, 1.807) is 0 Å². The summed E-state index contributed by atoms with van der Waals surface area (Å²) in [7, 11) is -1.85. The van der Waals surface area contributed by atoms with E-state index in [-0.39, 0.29) is 5.04 Å². The number of hydrogen-bond donors (Lipinski definition) is 1. The Bertz CT molecular complexity index is 314. The highest BCUT2D eigenvalue weighted by Crippen LogP contribution is 2.38. The van der Waals surface area contributed by atoms with Crippen molar-refractivity contribution in [2.45, 2.75) is 57.0 Å². The first-order valence-electron chi connectivity index (χ1n) is 6.08. The zero-order valence-corrected chi connectivity index (χ0v) is 12.5. The van der Waals surface area contributed by atoms with E-state index in [2.05, 4.69) is 39.8 Å². The van der Waals surface area contributed by atoms with E-state index >= 15 is 0 Å². The molecule has 4 heteroatoms. The van der Waals surface area contributed by atoms with Crippen LogP contribution in [0.5, 0.6) is 0 Å². The first-order chi connectivity index (χ1) is 7.65. The number of hydrogen-bond acceptors (Lipinski definition) is 3. The molecule has 1 heterocycles. The molecule has 0 amide bonds. The van der Waals surface area contributed by atoms with Crippen LogP contribution in [0.2, 0.25) is 18.1 Å². The van der Waals surface area contributed by atoms with Crippen molar-refractivity contribution in [3.8, 4) is 12.3 Å². The lowest BCUT2D eigenvalue weighted by molar-refractivity contribution is -0.0444. The molecule has 3 nitrogen and oxygen atoms in total. The molecule has 1 fully saturated rings. The van der Waals surface area contributed by atoms with Crippen LogP contribution in [-0.2, 0) is 9.16 Å². The van der Waals surface area contributed by atoms with Crippen molar-refractivity contribution in [1.29, 1.82) is 0 Å². The van der Waals surface area contributed by atoms with Gasteiger partial charge in [0.25, 0.3) is 0 Å². The van der Waals surface area contributed by atoms with Crippen molar-refractivity contribution in [2.24, 2.45) is 0 Å². The lowest BCUT2D eigenvalue weighted by atomic mass is 9.99. The van der Waals surface area contributed by atoms with E-state index in [1.807, 2.05) is 0 Å². The van der Waals surface area contributed by atoms with Crippen LogP contribution in [0.4, 0.5) is 0 Å². The maximum absolute atomic E-state index is 9.91. The molecule has 0 bridgehead atoms. The van der Waals surface area contributed by atoms with E-state index in [9.17, 15) is 5.11 Å². The zero-order valence-electron chi connectivity index (χ0n) is 11.5. The second kappa shape index (κ2) is 4.73. The van der Waals surface area contributed by atoms with Crippen molar-refractivity contribution in [3.63, 3.8) is 0 Å². The Morgan fingerprint density at radius 1 is 1.53 bits per heavy atom. The molecule has 0 aromatic heterocycles. The lowest BCUT2D eigenvalue weighted by Crippen LogP contribution is -2.49. The third kappa shape index (κ3) is 2.91. The lowest BCUT2D eigenvalue weighted by Gasteiger charge is -2.39. The molecule has 1 aliphatic heterocycles. The number of rotatable bonds is 3. The molecule has 0 radical (unpaired) electrons. The van der Waals surface area contributed by atoms with E-state index in [4.69, 9.17) is 15.6 Å². The predicted molar refractivity (Wildman–Crippen MR) is 71.3 cm³/mol. The summed E-state index contributed by atoms with van der Waals surface area (Å²) in [5.41, 5.74) is -0.935. The molecule has 1 aliphatic rings. The third-order valence-corrected chi connectivity index (χ3v) is 8.47. The smallest absolute Gasteiger partial charge is 0.192 e. The van der Waals surface area contributed by atoms with Crippen LogP contribution in [0.25, 0.3) is 0 Å². The summed E-state index contributed by atoms with van der Waals surface area (Å²) in [5, 5.41) is 10.0. The van der Waals surface area contributed by atoms with Crippen LogP contribution in [0.1, 0.15) is 27.2 Å². The molecule has 2 atom stereocenters. The van der Waals surface area contributed by atoms with Gasteiger partial charge in [-0.25, -0.2) is 0 Å². The topological polar surface area (TPSA) is 38.7 Å². The van der Waals surface area contributed by atoms with Gasteiger partial charge in [-0.15, -0.1) is 6.42 Å². The molecule has 0 spiro atoms. The Labute approximate surface area is 106 Å². The molecule has 0 saturated carbocycles. The van der Waals surface area contributed by atoms with Crippen LogP contribution in [0.3, 0.4) is 0 Å². The van der Waals surface area contributed by atoms with Gasteiger partial charge in [-0.1, -0.05) is 26.7 Å². The van der Waals surface area contributed by atoms with Gasteiger partial charge >= 0.3 is 0 Å². The fraction of sp³-hybridized carbons (Fsp3) is 0.846. The summed E-state index contributed by atoms with van der Waals surface area (Å²) in [6, 6.07) is 0. The van der Waals surface area contributed by atoms with Gasteiger partial charge in [0.15, 0.2) is 13.9 Å². The molecule has 0 aromatic carbocycles. The maximum atomic E-state index is 9.91. The predicted octanol–water partition coefficient (Wildman–Crippen LogP) is 2.16. The highest BCUT2D eigenvalue weighted by Gasteiger charge is 2.46. The summed E-state index contributed by atoms with van der Waals surface area (Å²) in [6.07, 6.45) is 5.47. The molecule has 0 aliphatic carbocycles. The Morgan fingerprint density at radius 2 is 2.12 bits per heavy atom. The SMILES string of the molecule is C#CC1(CO[Si](C)(C)C(C)(C)C)OCCC1O. The highest BCUT2D eigenvalue weighted by atomic mass is 28.4. The van der Waals surface area contributed by atoms with E-state index < -0.39 is 20.0 Å². The third-order valence-electron chi connectivity index (χ3n) is 3.99. The summed E-state index contributed by atoms with van der Waals surface area (Å²) < 4.78 is 11.6. The average molecular weight is 256 g/mol. The van der Waals surface area contributed by atoms with E-state index in [1.165, 1.54) is 0 Å². The normalized spacial score (nSPS) is 30.3. The first-order valence-corrected chi connectivity index (χ1v) is 8.99. The van der Waals surface area contributed by atoms with Gasteiger partial charge in [-0.2, -0.15) is 0 Å².